The van der Waals surface area contributed by atoms with Crippen LogP contribution in [0.5, 0.6) is 0 Å². The summed E-state index contributed by atoms with van der Waals surface area (Å²) in [4.78, 5) is 13.1. The minimum Gasteiger partial charge on any atom is -0.369 e. The van der Waals surface area contributed by atoms with Crippen LogP contribution >= 0.6 is 0 Å². The molecule has 3 N–H and O–H groups in total. The Labute approximate surface area is 99.6 Å². The fraction of sp³-hybridized carbons (Fsp3) is 0.417. The van der Waals surface area contributed by atoms with E-state index in [1.54, 1.807) is 12.1 Å². The van der Waals surface area contributed by atoms with Gasteiger partial charge in [-0.25, -0.2) is 4.39 Å². The van der Waals surface area contributed by atoms with Crippen molar-refractivity contribution in [3.8, 4) is 0 Å². The predicted molar refractivity (Wildman–Crippen MR) is 65.5 cm³/mol. The first-order chi connectivity index (χ1) is 8.20. The lowest BCUT2D eigenvalue weighted by molar-refractivity contribution is -0.114. The van der Waals surface area contributed by atoms with E-state index in [9.17, 15) is 9.18 Å². The molecule has 1 aliphatic rings. The summed E-state index contributed by atoms with van der Waals surface area (Å²) in [5.74, 6) is -0.625. The molecule has 5 heteroatoms. The van der Waals surface area contributed by atoms with Gasteiger partial charge < -0.3 is 16.0 Å². The Kier molecular flexibility index (Phi) is 3.58. The third kappa shape index (κ3) is 2.74. The summed E-state index contributed by atoms with van der Waals surface area (Å²) in [7, 11) is 0. The van der Waals surface area contributed by atoms with Gasteiger partial charge in [0.1, 0.15) is 5.82 Å². The van der Waals surface area contributed by atoms with Gasteiger partial charge in [-0.3, -0.25) is 4.79 Å². The zero-order valence-electron chi connectivity index (χ0n) is 9.58. The molecule has 0 spiro atoms. The van der Waals surface area contributed by atoms with E-state index in [-0.39, 0.29) is 18.3 Å². The lowest BCUT2D eigenvalue weighted by Crippen LogP contribution is -2.22. The van der Waals surface area contributed by atoms with Crippen LogP contribution in [0.3, 0.4) is 0 Å². The molecule has 1 fully saturated rings. The second-order valence-corrected chi connectivity index (χ2v) is 4.11. The molecule has 0 aromatic heterocycles. The SMILES string of the molecule is NCC(=O)Nc1ccc(N2CCCC2)c(F)c1. The van der Waals surface area contributed by atoms with E-state index in [0.29, 0.717) is 11.4 Å². The number of halogens is 1. The number of nitrogens with two attached hydrogens (primary N) is 1. The van der Waals surface area contributed by atoms with Gasteiger partial charge >= 0.3 is 0 Å². The van der Waals surface area contributed by atoms with Gasteiger partial charge in [-0.2, -0.15) is 0 Å². The van der Waals surface area contributed by atoms with Crippen LogP contribution in [0.2, 0.25) is 0 Å². The number of hydrogen-bond donors (Lipinski definition) is 2. The highest BCUT2D eigenvalue weighted by molar-refractivity contribution is 5.92. The molecule has 1 saturated heterocycles. The highest BCUT2D eigenvalue weighted by Gasteiger charge is 2.16. The lowest BCUT2D eigenvalue weighted by atomic mass is 10.2. The monoisotopic (exact) mass is 237 g/mol. The fourth-order valence-electron chi connectivity index (χ4n) is 2.01. The highest BCUT2D eigenvalue weighted by atomic mass is 19.1. The summed E-state index contributed by atoms with van der Waals surface area (Å²) >= 11 is 0. The van der Waals surface area contributed by atoms with Crippen LogP contribution in [-0.2, 0) is 4.79 Å². The Bertz CT molecular complexity index is 416. The van der Waals surface area contributed by atoms with Gasteiger partial charge in [0.15, 0.2) is 0 Å². The van der Waals surface area contributed by atoms with Crippen molar-refractivity contribution in [2.45, 2.75) is 12.8 Å². The van der Waals surface area contributed by atoms with Gasteiger partial charge in [0.05, 0.1) is 12.2 Å². The van der Waals surface area contributed by atoms with Crippen LogP contribution in [0.15, 0.2) is 18.2 Å². The van der Waals surface area contributed by atoms with E-state index in [4.69, 9.17) is 5.73 Å². The number of anilines is 2. The molecule has 1 aromatic rings. The standard InChI is InChI=1S/C12H16FN3O/c13-10-7-9(15-12(17)8-14)3-4-11(10)16-5-1-2-6-16/h3-4,7H,1-2,5-6,8,14H2,(H,15,17). The molecular formula is C12H16FN3O. The number of carbonyl (C=O) groups excluding carboxylic acids is 1. The van der Waals surface area contributed by atoms with Crippen LogP contribution in [0.4, 0.5) is 15.8 Å². The zero-order chi connectivity index (χ0) is 12.3. The molecule has 0 saturated carbocycles. The number of rotatable bonds is 3. The average molecular weight is 237 g/mol. The van der Waals surface area contributed by atoms with E-state index >= 15 is 0 Å². The molecule has 0 aliphatic carbocycles. The topological polar surface area (TPSA) is 58.4 Å². The van der Waals surface area contributed by atoms with Gasteiger partial charge in [0.2, 0.25) is 5.91 Å². The van der Waals surface area contributed by atoms with E-state index < -0.39 is 0 Å². The molecule has 0 bridgehead atoms. The van der Waals surface area contributed by atoms with Gasteiger partial charge in [-0.05, 0) is 31.0 Å². The molecule has 1 aliphatic heterocycles. The molecule has 92 valence electrons. The molecular weight excluding hydrogens is 221 g/mol. The average Bonchev–Trinajstić information content (AvgIpc) is 2.82. The van der Waals surface area contributed by atoms with E-state index in [0.717, 1.165) is 25.9 Å². The summed E-state index contributed by atoms with van der Waals surface area (Å²) in [5, 5.41) is 2.53. The first kappa shape index (κ1) is 11.9. The van der Waals surface area contributed by atoms with Gasteiger partial charge in [0.25, 0.3) is 0 Å². The normalized spacial score (nSPS) is 15.1. The number of hydrogen-bond acceptors (Lipinski definition) is 3. The summed E-state index contributed by atoms with van der Waals surface area (Å²) in [5.41, 5.74) is 6.22. The van der Waals surface area contributed by atoms with Gasteiger partial charge in [-0.15, -0.1) is 0 Å². The van der Waals surface area contributed by atoms with Crippen molar-refractivity contribution >= 4 is 17.3 Å². The Hall–Kier alpha value is -1.62. The Morgan fingerprint density at radius 2 is 2.12 bits per heavy atom. The maximum Gasteiger partial charge on any atom is 0.238 e. The van der Waals surface area contributed by atoms with Crippen molar-refractivity contribution in [1.29, 1.82) is 0 Å². The Balaban J connectivity index is 2.13. The fourth-order valence-corrected chi connectivity index (χ4v) is 2.01. The zero-order valence-corrected chi connectivity index (χ0v) is 9.58. The Morgan fingerprint density at radius 1 is 1.41 bits per heavy atom. The third-order valence-electron chi connectivity index (χ3n) is 2.86. The van der Waals surface area contributed by atoms with Crippen molar-refractivity contribution in [2.24, 2.45) is 5.73 Å². The molecule has 1 heterocycles. The largest absolute Gasteiger partial charge is 0.369 e. The van der Waals surface area contributed by atoms with Gasteiger partial charge in [-0.1, -0.05) is 0 Å². The number of carbonyl (C=O) groups is 1. The van der Waals surface area contributed by atoms with E-state index in [1.807, 2.05) is 4.90 Å². The van der Waals surface area contributed by atoms with Gasteiger partial charge in [0, 0.05) is 18.8 Å². The summed E-state index contributed by atoms with van der Waals surface area (Å²) < 4.78 is 13.8. The molecule has 17 heavy (non-hydrogen) atoms. The maximum atomic E-state index is 13.8. The molecule has 4 nitrogen and oxygen atoms in total. The third-order valence-corrected chi connectivity index (χ3v) is 2.86. The van der Waals surface area contributed by atoms with Crippen LogP contribution in [0.1, 0.15) is 12.8 Å². The van der Waals surface area contributed by atoms with Crippen molar-refractivity contribution in [2.75, 3.05) is 29.9 Å². The van der Waals surface area contributed by atoms with Crippen molar-refractivity contribution in [1.82, 2.24) is 0 Å². The van der Waals surface area contributed by atoms with E-state index in [1.165, 1.54) is 6.07 Å². The van der Waals surface area contributed by atoms with Crippen LogP contribution in [-0.4, -0.2) is 25.5 Å². The number of nitrogens with one attached hydrogen (secondary N) is 1. The minimum atomic E-state index is -0.321. The molecule has 2 rings (SSSR count). The number of benzene rings is 1. The van der Waals surface area contributed by atoms with Crippen LogP contribution in [0.25, 0.3) is 0 Å². The summed E-state index contributed by atoms with van der Waals surface area (Å²) in [6, 6.07) is 4.73. The van der Waals surface area contributed by atoms with Crippen molar-refractivity contribution in [3.05, 3.63) is 24.0 Å². The number of nitrogens with zero attached hydrogens (tertiary/aromatic N) is 1. The molecule has 0 atom stereocenters. The smallest absolute Gasteiger partial charge is 0.238 e. The first-order valence-electron chi connectivity index (χ1n) is 5.75. The van der Waals surface area contributed by atoms with Crippen LogP contribution < -0.4 is 16.0 Å². The lowest BCUT2D eigenvalue weighted by Gasteiger charge is -2.18. The Morgan fingerprint density at radius 3 is 2.71 bits per heavy atom. The van der Waals surface area contributed by atoms with Crippen LogP contribution in [0, 0.1) is 5.82 Å². The molecule has 0 radical (unpaired) electrons. The summed E-state index contributed by atoms with van der Waals surface area (Å²) in [6.45, 7) is 1.69. The molecule has 0 unspecified atom stereocenters. The van der Waals surface area contributed by atoms with Crippen molar-refractivity contribution < 1.29 is 9.18 Å². The van der Waals surface area contributed by atoms with E-state index in [2.05, 4.69) is 5.32 Å². The second-order valence-electron chi connectivity index (χ2n) is 4.11. The molecule has 1 aromatic carbocycles. The maximum absolute atomic E-state index is 13.8. The summed E-state index contributed by atoms with van der Waals surface area (Å²) in [6.07, 6.45) is 2.20. The predicted octanol–water partition coefficient (Wildman–Crippen LogP) is 1.32. The molecule has 1 amide bonds. The minimum absolute atomic E-state index is 0.102. The highest BCUT2D eigenvalue weighted by Crippen LogP contribution is 2.25. The quantitative estimate of drug-likeness (QED) is 0.833. The number of amides is 1. The van der Waals surface area contributed by atoms with Crippen molar-refractivity contribution in [3.63, 3.8) is 0 Å². The first-order valence-corrected chi connectivity index (χ1v) is 5.75. The second kappa shape index (κ2) is 5.14.